The Kier molecular flexibility index (Phi) is 5.48. The fourth-order valence-electron chi connectivity index (χ4n) is 3.27. The molecule has 0 aliphatic carbocycles. The van der Waals surface area contributed by atoms with Gasteiger partial charge in [-0.3, -0.25) is 14.7 Å². The third kappa shape index (κ3) is 3.85. The second-order valence-corrected chi connectivity index (χ2v) is 7.26. The molecule has 32 heavy (non-hydrogen) atoms. The van der Waals surface area contributed by atoms with Crippen molar-refractivity contribution in [1.29, 1.82) is 0 Å². The van der Waals surface area contributed by atoms with Gasteiger partial charge in [-0.05, 0) is 24.3 Å². The van der Waals surface area contributed by atoms with E-state index in [1.54, 1.807) is 60.7 Å². The maximum absolute atomic E-state index is 14.7. The van der Waals surface area contributed by atoms with Gasteiger partial charge in [-0.1, -0.05) is 60.1 Å². The Morgan fingerprint density at radius 2 is 1.53 bits per heavy atom. The van der Waals surface area contributed by atoms with Crippen molar-refractivity contribution in [2.24, 2.45) is 0 Å². The molecule has 9 heteroatoms. The van der Waals surface area contributed by atoms with Crippen LogP contribution in [-0.2, 0) is 6.18 Å². The summed E-state index contributed by atoms with van der Waals surface area (Å²) < 4.78 is 55.4. The molecule has 4 nitrogen and oxygen atoms in total. The highest BCUT2D eigenvalue weighted by Crippen LogP contribution is 2.34. The average molecular weight is 461 g/mol. The number of benzene rings is 3. The normalized spacial score (nSPS) is 11.5. The quantitative estimate of drug-likeness (QED) is 0.305. The fourth-order valence-corrected chi connectivity index (χ4v) is 3.49. The van der Waals surface area contributed by atoms with Gasteiger partial charge in [-0.25, -0.2) is 9.07 Å². The molecule has 0 radical (unpaired) electrons. The molecule has 0 bridgehead atoms. The van der Waals surface area contributed by atoms with Crippen LogP contribution in [0, 0.1) is 5.82 Å². The molecular weight excluding hydrogens is 448 g/mol. The molecule has 0 unspecified atom stereocenters. The maximum atomic E-state index is 14.7. The number of hydrogen-bond donors (Lipinski definition) is 1. The van der Waals surface area contributed by atoms with Gasteiger partial charge in [-0.2, -0.15) is 13.2 Å². The number of alkyl halides is 3. The summed E-state index contributed by atoms with van der Waals surface area (Å²) in [6, 6.07) is 17.2. The molecule has 1 heterocycles. The summed E-state index contributed by atoms with van der Waals surface area (Å²) in [6.07, 6.45) is -4.86. The molecule has 0 spiro atoms. The largest absolute Gasteiger partial charge is 0.416 e. The van der Waals surface area contributed by atoms with Gasteiger partial charge >= 0.3 is 6.18 Å². The van der Waals surface area contributed by atoms with Crippen LogP contribution in [0.15, 0.2) is 77.6 Å². The van der Waals surface area contributed by atoms with E-state index >= 15 is 0 Å². The maximum Gasteiger partial charge on any atom is 0.416 e. The van der Waals surface area contributed by atoms with E-state index in [0.29, 0.717) is 23.4 Å². The third-order valence-electron chi connectivity index (χ3n) is 4.79. The van der Waals surface area contributed by atoms with E-state index in [1.807, 2.05) is 0 Å². The number of aromatic nitrogens is 2. The zero-order valence-corrected chi connectivity index (χ0v) is 16.8. The van der Waals surface area contributed by atoms with Crippen LogP contribution in [0.2, 0.25) is 5.02 Å². The number of nitrogens with zero attached hydrogens (tertiary/aromatic N) is 1. The molecule has 0 saturated carbocycles. The summed E-state index contributed by atoms with van der Waals surface area (Å²) in [4.78, 5) is 26.4. The number of para-hydroxylation sites is 1. The zero-order chi connectivity index (χ0) is 23.0. The Morgan fingerprint density at radius 3 is 2.12 bits per heavy atom. The Bertz CT molecular complexity index is 1360. The summed E-state index contributed by atoms with van der Waals surface area (Å²) in [5.74, 6) is -2.55. The minimum Gasteiger partial charge on any atom is -0.290 e. The lowest BCUT2D eigenvalue weighted by Crippen LogP contribution is -2.22. The van der Waals surface area contributed by atoms with E-state index < -0.39 is 45.0 Å². The number of H-pyrrole nitrogens is 1. The van der Waals surface area contributed by atoms with Crippen molar-refractivity contribution in [1.82, 2.24) is 9.78 Å². The van der Waals surface area contributed by atoms with Gasteiger partial charge in [0.05, 0.1) is 27.5 Å². The van der Waals surface area contributed by atoms with Crippen LogP contribution in [0.5, 0.6) is 0 Å². The Hall–Kier alpha value is -3.65. The molecule has 3 aromatic carbocycles. The van der Waals surface area contributed by atoms with E-state index in [0.717, 1.165) is 4.68 Å². The number of rotatable bonds is 4. The van der Waals surface area contributed by atoms with Gasteiger partial charge in [-0.15, -0.1) is 0 Å². The number of carbonyl (C=O) groups is 1. The smallest absolute Gasteiger partial charge is 0.290 e. The summed E-state index contributed by atoms with van der Waals surface area (Å²) in [5.41, 5.74) is -2.75. The topological polar surface area (TPSA) is 54.9 Å². The lowest BCUT2D eigenvalue weighted by molar-refractivity contribution is -0.137. The van der Waals surface area contributed by atoms with E-state index in [-0.39, 0.29) is 5.69 Å². The second kappa shape index (κ2) is 8.12. The van der Waals surface area contributed by atoms with Crippen LogP contribution < -0.4 is 5.56 Å². The molecule has 0 aliphatic rings. The zero-order valence-electron chi connectivity index (χ0n) is 16.1. The highest BCUT2D eigenvalue weighted by atomic mass is 35.5. The van der Waals surface area contributed by atoms with Crippen LogP contribution >= 0.6 is 11.6 Å². The Morgan fingerprint density at radius 1 is 0.938 bits per heavy atom. The molecule has 4 rings (SSSR count). The van der Waals surface area contributed by atoms with Crippen LogP contribution in [-0.4, -0.2) is 15.6 Å². The van der Waals surface area contributed by atoms with Crippen molar-refractivity contribution in [3.8, 4) is 16.9 Å². The highest BCUT2D eigenvalue weighted by Gasteiger charge is 2.34. The predicted octanol–water partition coefficient (Wildman–Crippen LogP) is 5.87. The third-order valence-corrected chi connectivity index (χ3v) is 5.07. The van der Waals surface area contributed by atoms with Gasteiger partial charge < -0.3 is 0 Å². The first-order valence-corrected chi connectivity index (χ1v) is 9.63. The van der Waals surface area contributed by atoms with E-state index in [1.165, 1.54) is 0 Å². The fraction of sp³-hybridized carbons (Fsp3) is 0.0435. The van der Waals surface area contributed by atoms with E-state index in [2.05, 4.69) is 5.10 Å². The molecule has 1 N–H and O–H groups in total. The predicted molar refractivity (Wildman–Crippen MR) is 112 cm³/mol. The number of nitrogens with one attached hydrogen (secondary N) is 1. The lowest BCUT2D eigenvalue weighted by Gasteiger charge is -2.11. The number of ketones is 1. The number of hydrogen-bond acceptors (Lipinski definition) is 2. The minimum atomic E-state index is -4.86. The van der Waals surface area contributed by atoms with Gasteiger partial charge in [0.2, 0.25) is 5.78 Å². The van der Waals surface area contributed by atoms with Crippen molar-refractivity contribution in [3.05, 3.63) is 111 Å². The molecule has 0 amide bonds. The van der Waals surface area contributed by atoms with Crippen molar-refractivity contribution < 1.29 is 22.4 Å². The average Bonchev–Trinajstić information content (AvgIpc) is 3.12. The van der Waals surface area contributed by atoms with Crippen molar-refractivity contribution in [2.75, 3.05) is 0 Å². The summed E-state index contributed by atoms with van der Waals surface area (Å²) in [7, 11) is 0. The number of halogens is 5. The SMILES string of the molecule is O=C(c1cc(C(F)(F)F)cc(Cl)c1F)c1c(-c2ccccc2)[nH]n(-c2ccccc2)c1=O. The van der Waals surface area contributed by atoms with Gasteiger partial charge in [0.1, 0.15) is 5.56 Å². The highest BCUT2D eigenvalue weighted by molar-refractivity contribution is 6.31. The summed E-state index contributed by atoms with van der Waals surface area (Å²) >= 11 is 5.64. The first kappa shape index (κ1) is 21.6. The molecule has 0 fully saturated rings. The van der Waals surface area contributed by atoms with Crippen LogP contribution in [0.4, 0.5) is 17.6 Å². The minimum absolute atomic E-state index is 0.0392. The van der Waals surface area contributed by atoms with Crippen molar-refractivity contribution in [2.45, 2.75) is 6.18 Å². The van der Waals surface area contributed by atoms with Gasteiger partial charge in [0.15, 0.2) is 5.82 Å². The van der Waals surface area contributed by atoms with Crippen LogP contribution in [0.25, 0.3) is 16.9 Å². The molecule has 0 saturated heterocycles. The first-order valence-electron chi connectivity index (χ1n) is 9.25. The van der Waals surface area contributed by atoms with E-state index in [4.69, 9.17) is 11.6 Å². The monoisotopic (exact) mass is 460 g/mol. The lowest BCUT2D eigenvalue weighted by atomic mass is 9.98. The molecule has 4 aromatic rings. The van der Waals surface area contributed by atoms with Crippen LogP contribution in [0.1, 0.15) is 21.5 Å². The molecule has 162 valence electrons. The van der Waals surface area contributed by atoms with Gasteiger partial charge in [0, 0.05) is 5.56 Å². The van der Waals surface area contributed by atoms with Gasteiger partial charge in [0.25, 0.3) is 5.56 Å². The molecule has 1 aromatic heterocycles. The molecule has 0 aliphatic heterocycles. The standard InChI is InChI=1S/C23H13ClF4N2O2/c24-17-12-14(23(26,27)28)11-16(19(17)25)21(31)18-20(13-7-3-1-4-8-13)29-30(22(18)32)15-9-5-2-6-10-15/h1-12,29H. The number of carbonyl (C=O) groups excluding carboxylic acids is 1. The number of aromatic amines is 1. The van der Waals surface area contributed by atoms with Crippen molar-refractivity contribution in [3.63, 3.8) is 0 Å². The first-order chi connectivity index (χ1) is 15.2. The molecule has 0 atom stereocenters. The van der Waals surface area contributed by atoms with Crippen LogP contribution in [0.3, 0.4) is 0 Å². The second-order valence-electron chi connectivity index (χ2n) is 6.85. The molecular formula is C23H13ClF4N2O2. The Balaban J connectivity index is 1.98. The van der Waals surface area contributed by atoms with E-state index in [9.17, 15) is 27.2 Å². The summed E-state index contributed by atoms with van der Waals surface area (Å²) in [5, 5.41) is 1.95. The van der Waals surface area contributed by atoms with Crippen molar-refractivity contribution >= 4 is 17.4 Å². The Labute approximate surface area is 183 Å². The summed E-state index contributed by atoms with van der Waals surface area (Å²) in [6.45, 7) is 0.